The Kier molecular flexibility index (Phi) is 4.22. The second-order valence-corrected chi connectivity index (χ2v) is 7.29. The number of hydrogen-bond acceptors (Lipinski definition) is 3. The summed E-state index contributed by atoms with van der Waals surface area (Å²) in [6.45, 7) is 5.50. The van der Waals surface area contributed by atoms with Crippen molar-refractivity contribution in [3.63, 3.8) is 0 Å². The molecule has 1 amide bonds. The molecule has 0 saturated carbocycles. The van der Waals surface area contributed by atoms with Crippen molar-refractivity contribution in [2.75, 3.05) is 19.6 Å². The lowest BCUT2D eigenvalue weighted by Gasteiger charge is -2.42. The Bertz CT molecular complexity index is 748. The fourth-order valence-corrected chi connectivity index (χ4v) is 3.86. The second kappa shape index (κ2) is 6.52. The SMILES string of the molecule is Cc1ccc(CN2CCC(N3CC(c4ccc(O)cc4)C3)C2=O)cc1. The van der Waals surface area contributed by atoms with Crippen LogP contribution in [0.2, 0.25) is 0 Å². The molecule has 0 aromatic heterocycles. The van der Waals surface area contributed by atoms with E-state index in [9.17, 15) is 9.90 Å². The predicted octanol–water partition coefficient (Wildman–Crippen LogP) is 2.90. The zero-order valence-electron chi connectivity index (χ0n) is 14.6. The van der Waals surface area contributed by atoms with Gasteiger partial charge in [-0.2, -0.15) is 0 Å². The van der Waals surface area contributed by atoms with Crippen molar-refractivity contribution >= 4 is 5.91 Å². The molecule has 2 aliphatic heterocycles. The number of nitrogens with zero attached hydrogens (tertiary/aromatic N) is 2. The number of phenols is 1. The third-order valence-electron chi connectivity index (χ3n) is 5.48. The quantitative estimate of drug-likeness (QED) is 0.934. The molecule has 1 atom stereocenters. The first-order valence-corrected chi connectivity index (χ1v) is 8.97. The number of hydrogen-bond donors (Lipinski definition) is 1. The molecule has 2 aromatic carbocycles. The normalized spacial score (nSPS) is 21.6. The maximum atomic E-state index is 12.8. The molecular formula is C21H24N2O2. The van der Waals surface area contributed by atoms with Gasteiger partial charge < -0.3 is 10.0 Å². The minimum absolute atomic E-state index is 0.0406. The van der Waals surface area contributed by atoms with Crippen LogP contribution in [0.3, 0.4) is 0 Å². The number of benzene rings is 2. The van der Waals surface area contributed by atoms with Crippen molar-refractivity contribution in [2.24, 2.45) is 0 Å². The average Bonchev–Trinajstić information content (AvgIpc) is 2.91. The first kappa shape index (κ1) is 16.2. The third-order valence-corrected chi connectivity index (χ3v) is 5.48. The van der Waals surface area contributed by atoms with Crippen LogP contribution in [0, 0.1) is 6.92 Å². The molecule has 0 bridgehead atoms. The van der Waals surface area contributed by atoms with Crippen LogP contribution in [-0.2, 0) is 11.3 Å². The Morgan fingerprint density at radius 3 is 2.40 bits per heavy atom. The van der Waals surface area contributed by atoms with Crippen molar-refractivity contribution in [2.45, 2.75) is 31.8 Å². The second-order valence-electron chi connectivity index (χ2n) is 7.29. The van der Waals surface area contributed by atoms with Crippen LogP contribution in [0.5, 0.6) is 5.75 Å². The topological polar surface area (TPSA) is 43.8 Å². The first-order chi connectivity index (χ1) is 12.1. The smallest absolute Gasteiger partial charge is 0.240 e. The summed E-state index contributed by atoms with van der Waals surface area (Å²) in [6, 6.07) is 15.9. The number of carbonyl (C=O) groups excluding carboxylic acids is 1. The van der Waals surface area contributed by atoms with Crippen LogP contribution in [0.15, 0.2) is 48.5 Å². The lowest BCUT2D eigenvalue weighted by atomic mass is 9.89. The van der Waals surface area contributed by atoms with Crippen molar-refractivity contribution in [1.82, 2.24) is 9.80 Å². The van der Waals surface area contributed by atoms with E-state index in [0.717, 1.165) is 26.1 Å². The van der Waals surface area contributed by atoms with Gasteiger partial charge in [-0.05, 0) is 36.6 Å². The minimum Gasteiger partial charge on any atom is -0.508 e. The van der Waals surface area contributed by atoms with E-state index in [1.807, 2.05) is 17.0 Å². The molecule has 1 N–H and O–H groups in total. The molecule has 130 valence electrons. The van der Waals surface area contributed by atoms with E-state index >= 15 is 0 Å². The number of carbonyl (C=O) groups is 1. The van der Waals surface area contributed by atoms with E-state index in [1.54, 1.807) is 12.1 Å². The summed E-state index contributed by atoms with van der Waals surface area (Å²) in [7, 11) is 0. The van der Waals surface area contributed by atoms with E-state index in [-0.39, 0.29) is 11.9 Å². The molecule has 2 saturated heterocycles. The third kappa shape index (κ3) is 3.27. The first-order valence-electron chi connectivity index (χ1n) is 8.97. The predicted molar refractivity (Wildman–Crippen MR) is 97.4 cm³/mol. The van der Waals surface area contributed by atoms with Gasteiger partial charge in [-0.1, -0.05) is 42.0 Å². The molecule has 0 aliphatic carbocycles. The summed E-state index contributed by atoms with van der Waals surface area (Å²) < 4.78 is 0. The zero-order valence-corrected chi connectivity index (χ0v) is 14.6. The van der Waals surface area contributed by atoms with E-state index in [2.05, 4.69) is 36.1 Å². The van der Waals surface area contributed by atoms with Crippen molar-refractivity contribution in [1.29, 1.82) is 0 Å². The van der Waals surface area contributed by atoms with Gasteiger partial charge in [0, 0.05) is 32.1 Å². The number of likely N-dealkylation sites (tertiary alicyclic amines) is 2. The Morgan fingerprint density at radius 1 is 1.04 bits per heavy atom. The van der Waals surface area contributed by atoms with Crippen LogP contribution in [-0.4, -0.2) is 46.5 Å². The highest BCUT2D eigenvalue weighted by Crippen LogP contribution is 2.32. The largest absolute Gasteiger partial charge is 0.508 e. The van der Waals surface area contributed by atoms with Crippen LogP contribution in [0.1, 0.15) is 29.0 Å². The molecule has 0 radical (unpaired) electrons. The number of rotatable bonds is 4. The molecule has 1 unspecified atom stereocenters. The van der Waals surface area contributed by atoms with E-state index < -0.39 is 0 Å². The van der Waals surface area contributed by atoms with Crippen molar-refractivity contribution in [3.8, 4) is 5.75 Å². The van der Waals surface area contributed by atoms with Gasteiger partial charge in [0.25, 0.3) is 0 Å². The maximum Gasteiger partial charge on any atom is 0.240 e. The van der Waals surface area contributed by atoms with Gasteiger partial charge in [-0.25, -0.2) is 0 Å². The minimum atomic E-state index is 0.0406. The molecule has 2 aliphatic rings. The lowest BCUT2D eigenvalue weighted by Crippen LogP contribution is -2.53. The van der Waals surface area contributed by atoms with E-state index in [4.69, 9.17) is 0 Å². The van der Waals surface area contributed by atoms with Gasteiger partial charge >= 0.3 is 0 Å². The van der Waals surface area contributed by atoms with Crippen LogP contribution < -0.4 is 0 Å². The Balaban J connectivity index is 1.33. The van der Waals surface area contributed by atoms with Crippen molar-refractivity contribution in [3.05, 3.63) is 65.2 Å². The van der Waals surface area contributed by atoms with E-state index in [0.29, 0.717) is 18.2 Å². The van der Waals surface area contributed by atoms with Gasteiger partial charge in [-0.15, -0.1) is 0 Å². The standard InChI is InChI=1S/C21H24N2O2/c1-15-2-4-16(5-3-15)12-22-11-10-20(21(22)25)23-13-18(14-23)17-6-8-19(24)9-7-17/h2-9,18,20,24H,10-14H2,1H3. The number of amides is 1. The number of aryl methyl sites for hydroxylation is 1. The van der Waals surface area contributed by atoms with Gasteiger partial charge in [0.05, 0.1) is 6.04 Å². The number of aromatic hydroxyl groups is 1. The van der Waals surface area contributed by atoms with Gasteiger partial charge in [0.1, 0.15) is 5.75 Å². The lowest BCUT2D eigenvalue weighted by molar-refractivity contribution is -0.134. The molecule has 4 nitrogen and oxygen atoms in total. The van der Waals surface area contributed by atoms with Gasteiger partial charge in [0.15, 0.2) is 0 Å². The van der Waals surface area contributed by atoms with E-state index in [1.165, 1.54) is 16.7 Å². The van der Waals surface area contributed by atoms with Crippen molar-refractivity contribution < 1.29 is 9.90 Å². The Hall–Kier alpha value is -2.33. The zero-order chi connectivity index (χ0) is 17.4. The highest BCUT2D eigenvalue weighted by atomic mass is 16.3. The number of phenolic OH excluding ortho intramolecular Hbond substituents is 1. The Labute approximate surface area is 148 Å². The highest BCUT2D eigenvalue weighted by molar-refractivity contribution is 5.84. The summed E-state index contributed by atoms with van der Waals surface area (Å²) in [5, 5.41) is 9.39. The maximum absolute atomic E-state index is 12.8. The average molecular weight is 336 g/mol. The van der Waals surface area contributed by atoms with Gasteiger partial charge in [-0.3, -0.25) is 9.69 Å². The molecule has 2 fully saturated rings. The monoisotopic (exact) mass is 336 g/mol. The summed E-state index contributed by atoms with van der Waals surface area (Å²) in [4.78, 5) is 17.0. The molecular weight excluding hydrogens is 312 g/mol. The van der Waals surface area contributed by atoms with Crippen LogP contribution >= 0.6 is 0 Å². The highest BCUT2D eigenvalue weighted by Gasteiger charge is 2.41. The fourth-order valence-electron chi connectivity index (χ4n) is 3.86. The summed E-state index contributed by atoms with van der Waals surface area (Å²) >= 11 is 0. The van der Waals surface area contributed by atoms with Crippen LogP contribution in [0.25, 0.3) is 0 Å². The molecule has 2 aromatic rings. The van der Waals surface area contributed by atoms with Gasteiger partial charge in [0.2, 0.25) is 5.91 Å². The fraction of sp³-hybridized carbons (Fsp3) is 0.381. The summed E-state index contributed by atoms with van der Waals surface area (Å²) in [6.07, 6.45) is 0.924. The Morgan fingerprint density at radius 2 is 1.72 bits per heavy atom. The van der Waals surface area contributed by atoms with Crippen LogP contribution in [0.4, 0.5) is 0 Å². The summed E-state index contributed by atoms with van der Waals surface area (Å²) in [5.74, 6) is 1.04. The molecule has 4 rings (SSSR count). The molecule has 0 spiro atoms. The molecule has 25 heavy (non-hydrogen) atoms. The summed E-state index contributed by atoms with van der Waals surface area (Å²) in [5.41, 5.74) is 3.69. The molecule has 2 heterocycles. The molecule has 4 heteroatoms.